The SMILES string of the molecule is COCC(=O)N1CC[C@H](NC(=O)C2Cc3cc(Cl)ccc3N2)[C@H](NC(=O)c2nc3c(s2)CN(C(C)(C)CO)CC3)C1. The Morgan fingerprint density at radius 1 is 1.24 bits per heavy atom. The monoisotopic (exact) mass is 604 g/mol. The Balaban J connectivity index is 1.28. The van der Waals surface area contributed by atoms with Gasteiger partial charge in [0.1, 0.15) is 12.6 Å². The smallest absolute Gasteiger partial charge is 0.280 e. The van der Waals surface area contributed by atoms with Crippen molar-refractivity contribution in [1.82, 2.24) is 25.4 Å². The van der Waals surface area contributed by atoms with Crippen LogP contribution in [0.15, 0.2) is 18.2 Å². The summed E-state index contributed by atoms with van der Waals surface area (Å²) in [5.74, 6) is -0.671. The van der Waals surface area contributed by atoms with E-state index in [2.05, 4.69) is 25.8 Å². The fourth-order valence-electron chi connectivity index (χ4n) is 5.62. The number of hydrogen-bond donors (Lipinski definition) is 4. The molecular formula is C28H37ClN6O5S. The molecule has 0 spiro atoms. The summed E-state index contributed by atoms with van der Waals surface area (Å²) < 4.78 is 5.03. The molecule has 0 saturated carbocycles. The Kier molecular flexibility index (Phi) is 8.86. The number of piperidine rings is 1. The summed E-state index contributed by atoms with van der Waals surface area (Å²) in [4.78, 5) is 48.9. The maximum atomic E-state index is 13.5. The molecule has 3 atom stereocenters. The van der Waals surface area contributed by atoms with E-state index in [0.717, 1.165) is 28.4 Å². The average Bonchev–Trinajstić information content (AvgIpc) is 3.58. The number of nitrogens with one attached hydrogen (secondary N) is 3. The molecule has 1 fully saturated rings. The lowest BCUT2D eigenvalue weighted by Crippen LogP contribution is -2.62. The van der Waals surface area contributed by atoms with Gasteiger partial charge in [-0.05, 0) is 44.0 Å². The van der Waals surface area contributed by atoms with Crippen molar-refractivity contribution in [2.75, 3.05) is 45.3 Å². The zero-order valence-corrected chi connectivity index (χ0v) is 25.1. The molecule has 13 heteroatoms. The van der Waals surface area contributed by atoms with Gasteiger partial charge in [0.25, 0.3) is 5.91 Å². The molecule has 1 unspecified atom stereocenters. The zero-order chi connectivity index (χ0) is 29.3. The minimum Gasteiger partial charge on any atom is -0.394 e. The number of aliphatic hydroxyl groups excluding tert-OH is 1. The molecule has 5 rings (SSSR count). The summed E-state index contributed by atoms with van der Waals surface area (Å²) in [6.45, 7) is 6.04. The first kappa shape index (κ1) is 29.7. The van der Waals surface area contributed by atoms with Crippen LogP contribution in [0.2, 0.25) is 5.02 Å². The standard InChI is InChI=1S/C28H37ClN6O5S/c1-28(2,15-36)35-9-7-20-23(13-35)41-27(33-20)26(39)32-22-12-34(24(37)14-40-3)8-6-19(22)31-25(38)21-11-16-10-17(29)4-5-18(16)30-21/h4-5,10,19,21-22,30,36H,6-9,11-15H2,1-3H3,(H,31,38)(H,32,39)/t19-,21?,22+/m0/s1. The van der Waals surface area contributed by atoms with E-state index in [1.54, 1.807) is 11.0 Å². The number of methoxy groups -OCH3 is 1. The second kappa shape index (κ2) is 12.2. The number of benzene rings is 1. The van der Waals surface area contributed by atoms with Gasteiger partial charge in [0.15, 0.2) is 5.01 Å². The molecule has 4 N–H and O–H groups in total. The Morgan fingerprint density at radius 2 is 2.05 bits per heavy atom. The Labute approximate surface area is 248 Å². The highest BCUT2D eigenvalue weighted by molar-refractivity contribution is 7.13. The predicted molar refractivity (Wildman–Crippen MR) is 156 cm³/mol. The molecule has 1 aromatic carbocycles. The molecular weight excluding hydrogens is 568 g/mol. The summed E-state index contributed by atoms with van der Waals surface area (Å²) in [6.07, 6.45) is 1.70. The van der Waals surface area contributed by atoms with E-state index in [1.807, 2.05) is 26.0 Å². The number of nitrogens with zero attached hydrogens (tertiary/aromatic N) is 3. The highest BCUT2D eigenvalue weighted by atomic mass is 35.5. The van der Waals surface area contributed by atoms with Crippen LogP contribution in [0.1, 0.15) is 46.2 Å². The summed E-state index contributed by atoms with van der Waals surface area (Å²) in [7, 11) is 1.47. The van der Waals surface area contributed by atoms with E-state index < -0.39 is 12.1 Å². The van der Waals surface area contributed by atoms with Crippen LogP contribution in [0.3, 0.4) is 0 Å². The Morgan fingerprint density at radius 3 is 2.80 bits per heavy atom. The number of anilines is 1. The first-order chi connectivity index (χ1) is 19.6. The van der Waals surface area contributed by atoms with Crippen molar-refractivity contribution in [2.45, 2.75) is 63.3 Å². The first-order valence-corrected chi connectivity index (χ1v) is 15.0. The number of aromatic nitrogens is 1. The number of thiazole rings is 1. The van der Waals surface area contributed by atoms with Gasteiger partial charge in [-0.3, -0.25) is 19.3 Å². The van der Waals surface area contributed by atoms with Crippen molar-refractivity contribution in [3.05, 3.63) is 44.4 Å². The van der Waals surface area contributed by atoms with Gasteiger partial charge in [-0.2, -0.15) is 0 Å². The second-order valence-electron chi connectivity index (χ2n) is 11.5. The lowest BCUT2D eigenvalue weighted by atomic mass is 9.98. The van der Waals surface area contributed by atoms with Crippen LogP contribution >= 0.6 is 22.9 Å². The third-order valence-electron chi connectivity index (χ3n) is 8.18. The molecule has 41 heavy (non-hydrogen) atoms. The number of likely N-dealkylation sites (tertiary alicyclic amines) is 1. The molecule has 11 nitrogen and oxygen atoms in total. The fourth-order valence-corrected chi connectivity index (χ4v) is 6.85. The molecule has 1 saturated heterocycles. The number of aliphatic hydroxyl groups is 1. The summed E-state index contributed by atoms with van der Waals surface area (Å²) >= 11 is 7.48. The summed E-state index contributed by atoms with van der Waals surface area (Å²) in [6, 6.07) is 4.17. The maximum Gasteiger partial charge on any atom is 0.280 e. The summed E-state index contributed by atoms with van der Waals surface area (Å²) in [5.41, 5.74) is 2.41. The van der Waals surface area contributed by atoms with Crippen LogP contribution in [0.5, 0.6) is 0 Å². The van der Waals surface area contributed by atoms with Gasteiger partial charge >= 0.3 is 0 Å². The lowest BCUT2D eigenvalue weighted by molar-refractivity contribution is -0.136. The molecule has 3 aliphatic rings. The van der Waals surface area contributed by atoms with Crippen molar-refractivity contribution in [3.8, 4) is 0 Å². The predicted octanol–water partition coefficient (Wildman–Crippen LogP) is 1.42. The lowest BCUT2D eigenvalue weighted by Gasteiger charge is -2.39. The molecule has 2 aromatic rings. The van der Waals surface area contributed by atoms with E-state index in [9.17, 15) is 19.5 Å². The van der Waals surface area contributed by atoms with E-state index in [0.29, 0.717) is 42.4 Å². The number of fused-ring (bicyclic) bond motifs is 2. The molecule has 0 radical (unpaired) electrons. The van der Waals surface area contributed by atoms with Gasteiger partial charge < -0.3 is 30.7 Å². The molecule has 222 valence electrons. The van der Waals surface area contributed by atoms with Gasteiger partial charge in [0.2, 0.25) is 11.8 Å². The number of halogens is 1. The van der Waals surface area contributed by atoms with Gasteiger partial charge in [-0.1, -0.05) is 11.6 Å². The number of carbonyl (C=O) groups is 3. The van der Waals surface area contributed by atoms with Gasteiger partial charge in [-0.25, -0.2) is 4.98 Å². The van der Waals surface area contributed by atoms with Crippen LogP contribution in [0, 0.1) is 0 Å². The molecule has 3 aliphatic heterocycles. The first-order valence-electron chi connectivity index (χ1n) is 13.9. The number of rotatable bonds is 8. The molecule has 0 bridgehead atoms. The normalized spacial score (nSPS) is 22.5. The van der Waals surface area contributed by atoms with Gasteiger partial charge in [0, 0.05) is 67.3 Å². The van der Waals surface area contributed by atoms with Crippen LogP contribution in [-0.4, -0.2) is 101 Å². The van der Waals surface area contributed by atoms with Crippen molar-refractivity contribution >= 4 is 46.3 Å². The number of hydrogen-bond acceptors (Lipinski definition) is 9. The highest BCUT2D eigenvalue weighted by Gasteiger charge is 2.37. The number of amides is 3. The van der Waals surface area contributed by atoms with E-state index in [-0.39, 0.29) is 49.1 Å². The van der Waals surface area contributed by atoms with Crippen molar-refractivity contribution in [3.63, 3.8) is 0 Å². The Bertz CT molecular complexity index is 1320. The van der Waals surface area contributed by atoms with Crippen LogP contribution in [0.4, 0.5) is 5.69 Å². The van der Waals surface area contributed by atoms with Crippen molar-refractivity contribution < 1.29 is 24.2 Å². The maximum absolute atomic E-state index is 13.5. The largest absolute Gasteiger partial charge is 0.394 e. The molecule has 3 amide bonds. The Hall–Kier alpha value is -2.77. The van der Waals surface area contributed by atoms with E-state index >= 15 is 0 Å². The third-order valence-corrected chi connectivity index (χ3v) is 9.50. The van der Waals surface area contributed by atoms with Crippen LogP contribution in [-0.2, 0) is 33.7 Å². The van der Waals surface area contributed by atoms with Crippen LogP contribution in [0.25, 0.3) is 0 Å². The quantitative estimate of drug-likeness (QED) is 0.355. The molecule has 4 heterocycles. The van der Waals surface area contributed by atoms with Gasteiger partial charge in [-0.15, -0.1) is 11.3 Å². The van der Waals surface area contributed by atoms with Gasteiger partial charge in [0.05, 0.1) is 24.4 Å². The average molecular weight is 605 g/mol. The van der Waals surface area contributed by atoms with Crippen molar-refractivity contribution in [2.24, 2.45) is 0 Å². The topological polar surface area (TPSA) is 136 Å². The zero-order valence-electron chi connectivity index (χ0n) is 23.5. The highest BCUT2D eigenvalue weighted by Crippen LogP contribution is 2.30. The molecule has 1 aromatic heterocycles. The van der Waals surface area contributed by atoms with E-state index in [4.69, 9.17) is 16.3 Å². The molecule has 0 aliphatic carbocycles. The third kappa shape index (κ3) is 6.51. The fraction of sp³-hybridized carbons (Fsp3) is 0.571. The summed E-state index contributed by atoms with van der Waals surface area (Å²) in [5, 5.41) is 20.2. The second-order valence-corrected chi connectivity index (χ2v) is 13.0. The minimum absolute atomic E-state index is 0.0395. The van der Waals surface area contributed by atoms with Crippen LogP contribution < -0.4 is 16.0 Å². The number of ether oxygens (including phenoxy) is 1. The van der Waals surface area contributed by atoms with Crippen molar-refractivity contribution in [1.29, 1.82) is 0 Å². The number of carbonyl (C=O) groups excluding carboxylic acids is 3. The minimum atomic E-state index is -0.509. The van der Waals surface area contributed by atoms with E-state index in [1.165, 1.54) is 18.4 Å².